The third kappa shape index (κ3) is 4.29. The van der Waals surface area contributed by atoms with Crippen molar-refractivity contribution in [2.45, 2.75) is 51.7 Å². The fourth-order valence-electron chi connectivity index (χ4n) is 3.19. The largest absolute Gasteiger partial charge is 0.377 e. The zero-order chi connectivity index (χ0) is 16.1. The second-order valence-corrected chi connectivity index (χ2v) is 6.51. The molecule has 1 aromatic carbocycles. The molecular weight excluding hydrogens is 284 g/mol. The molecular formula is C19H26N4. The Kier molecular flexibility index (Phi) is 5.23. The van der Waals surface area contributed by atoms with E-state index in [2.05, 4.69) is 58.3 Å². The van der Waals surface area contributed by atoms with Gasteiger partial charge in [-0.1, -0.05) is 18.6 Å². The monoisotopic (exact) mass is 310 g/mol. The first-order valence-corrected chi connectivity index (χ1v) is 8.58. The Hall–Kier alpha value is -1.94. The van der Waals surface area contributed by atoms with E-state index in [0.717, 1.165) is 17.9 Å². The van der Waals surface area contributed by atoms with E-state index in [1.165, 1.54) is 31.4 Å². The minimum atomic E-state index is 0.150. The molecule has 4 heteroatoms. The second kappa shape index (κ2) is 7.55. The third-order valence-electron chi connectivity index (χ3n) is 4.69. The molecule has 122 valence electrons. The molecule has 3 rings (SSSR count). The second-order valence-electron chi connectivity index (χ2n) is 6.51. The molecule has 1 aromatic heterocycles. The lowest BCUT2D eigenvalue weighted by Crippen LogP contribution is -2.36. The van der Waals surface area contributed by atoms with E-state index in [1.54, 1.807) is 12.4 Å². The number of benzene rings is 1. The molecule has 1 fully saturated rings. The lowest BCUT2D eigenvalue weighted by Gasteiger charge is -2.33. The van der Waals surface area contributed by atoms with Crippen LogP contribution in [0.1, 0.15) is 50.4 Å². The number of nitrogens with one attached hydrogen (secondary N) is 1. The van der Waals surface area contributed by atoms with Crippen LogP contribution in [0, 0.1) is 0 Å². The maximum Gasteiger partial charge on any atom is 0.0806 e. The number of nitrogens with zero attached hydrogens (tertiary/aromatic N) is 3. The van der Waals surface area contributed by atoms with Gasteiger partial charge in [0.25, 0.3) is 0 Å². The summed E-state index contributed by atoms with van der Waals surface area (Å²) in [5.74, 6) is 0. The molecule has 2 heterocycles. The molecule has 2 atom stereocenters. The Bertz CT molecular complexity index is 597. The molecule has 0 saturated carbocycles. The number of hydrogen-bond donors (Lipinski definition) is 1. The summed E-state index contributed by atoms with van der Waals surface area (Å²) >= 11 is 0. The maximum absolute atomic E-state index is 4.35. The van der Waals surface area contributed by atoms with Gasteiger partial charge in [0, 0.05) is 30.7 Å². The van der Waals surface area contributed by atoms with Crippen LogP contribution in [0.2, 0.25) is 0 Å². The smallest absolute Gasteiger partial charge is 0.0806 e. The van der Waals surface area contributed by atoms with Crippen molar-refractivity contribution in [1.29, 1.82) is 0 Å². The Labute approximate surface area is 139 Å². The van der Waals surface area contributed by atoms with Gasteiger partial charge >= 0.3 is 0 Å². The summed E-state index contributed by atoms with van der Waals surface area (Å²) in [5.41, 5.74) is 3.47. The standard InChI is InChI=1S/C19H26N4/c1-15-5-3-4-12-23(15)14-17-6-8-18(9-7-17)22-16(2)19-13-20-10-11-21-19/h6-11,13,15-16,22H,3-5,12,14H2,1-2H3/t15-,16-/m1/s1. The van der Waals surface area contributed by atoms with Crippen molar-refractivity contribution in [3.63, 3.8) is 0 Å². The van der Waals surface area contributed by atoms with Gasteiger partial charge in [-0.15, -0.1) is 0 Å². The summed E-state index contributed by atoms with van der Waals surface area (Å²) in [6.45, 7) is 6.73. The molecule has 0 amide bonds. The number of aromatic nitrogens is 2. The predicted octanol–water partition coefficient (Wildman–Crippen LogP) is 4.02. The van der Waals surface area contributed by atoms with E-state index in [9.17, 15) is 0 Å². The quantitative estimate of drug-likeness (QED) is 0.905. The van der Waals surface area contributed by atoms with Crippen LogP contribution in [0.25, 0.3) is 0 Å². The fourth-order valence-corrected chi connectivity index (χ4v) is 3.19. The molecule has 4 nitrogen and oxygen atoms in total. The van der Waals surface area contributed by atoms with Crippen LogP contribution in [0.4, 0.5) is 5.69 Å². The molecule has 1 aliphatic rings. The summed E-state index contributed by atoms with van der Waals surface area (Å²) in [7, 11) is 0. The Morgan fingerprint density at radius 1 is 1.22 bits per heavy atom. The Morgan fingerprint density at radius 2 is 2.04 bits per heavy atom. The van der Waals surface area contributed by atoms with Crippen molar-refractivity contribution >= 4 is 5.69 Å². The van der Waals surface area contributed by atoms with Crippen molar-refractivity contribution in [1.82, 2.24) is 14.9 Å². The number of piperidine rings is 1. The van der Waals surface area contributed by atoms with Crippen LogP contribution in [0.15, 0.2) is 42.9 Å². The average Bonchev–Trinajstić information content (AvgIpc) is 2.59. The molecule has 0 bridgehead atoms. The predicted molar refractivity (Wildman–Crippen MR) is 94.2 cm³/mol. The van der Waals surface area contributed by atoms with Crippen LogP contribution in [-0.4, -0.2) is 27.5 Å². The van der Waals surface area contributed by atoms with Gasteiger partial charge in [-0.2, -0.15) is 0 Å². The highest BCUT2D eigenvalue weighted by atomic mass is 15.2. The SMILES string of the molecule is C[C@@H]1CCCCN1Cc1ccc(N[C@H](C)c2cnccn2)cc1. The Balaban J connectivity index is 1.58. The molecule has 1 saturated heterocycles. The van der Waals surface area contributed by atoms with E-state index in [0.29, 0.717) is 6.04 Å². The van der Waals surface area contributed by atoms with Crippen molar-refractivity contribution in [2.75, 3.05) is 11.9 Å². The highest BCUT2D eigenvalue weighted by Crippen LogP contribution is 2.21. The van der Waals surface area contributed by atoms with Gasteiger partial charge in [0.05, 0.1) is 17.9 Å². The molecule has 2 aromatic rings. The topological polar surface area (TPSA) is 41.0 Å². The van der Waals surface area contributed by atoms with E-state index in [-0.39, 0.29) is 6.04 Å². The maximum atomic E-state index is 4.35. The van der Waals surface area contributed by atoms with Crippen molar-refractivity contribution in [3.8, 4) is 0 Å². The average molecular weight is 310 g/mol. The molecule has 1 N–H and O–H groups in total. The first kappa shape index (κ1) is 15.9. The molecule has 0 unspecified atom stereocenters. The Morgan fingerprint density at radius 3 is 2.74 bits per heavy atom. The van der Waals surface area contributed by atoms with Gasteiger partial charge in [0.15, 0.2) is 0 Å². The minimum Gasteiger partial charge on any atom is -0.377 e. The summed E-state index contributed by atoms with van der Waals surface area (Å²) in [5, 5.41) is 3.48. The molecule has 0 aliphatic carbocycles. The van der Waals surface area contributed by atoms with Gasteiger partial charge in [0.2, 0.25) is 0 Å². The van der Waals surface area contributed by atoms with Gasteiger partial charge < -0.3 is 5.32 Å². The minimum absolute atomic E-state index is 0.150. The lowest BCUT2D eigenvalue weighted by atomic mass is 10.0. The van der Waals surface area contributed by atoms with Crippen LogP contribution < -0.4 is 5.32 Å². The molecule has 23 heavy (non-hydrogen) atoms. The molecule has 0 spiro atoms. The van der Waals surface area contributed by atoms with Crippen molar-refractivity contribution < 1.29 is 0 Å². The first-order valence-electron chi connectivity index (χ1n) is 8.58. The van der Waals surface area contributed by atoms with Crippen LogP contribution in [-0.2, 0) is 6.54 Å². The molecule has 0 radical (unpaired) electrons. The number of anilines is 1. The number of likely N-dealkylation sites (tertiary alicyclic amines) is 1. The normalized spacial score (nSPS) is 20.2. The van der Waals surface area contributed by atoms with Crippen molar-refractivity contribution in [3.05, 3.63) is 54.1 Å². The van der Waals surface area contributed by atoms with Gasteiger partial charge in [-0.05, 0) is 50.9 Å². The fraction of sp³-hybridized carbons (Fsp3) is 0.474. The van der Waals surface area contributed by atoms with Gasteiger partial charge in [0.1, 0.15) is 0 Å². The van der Waals surface area contributed by atoms with Gasteiger partial charge in [-0.3, -0.25) is 14.9 Å². The first-order chi connectivity index (χ1) is 11.2. The van der Waals surface area contributed by atoms with Crippen LogP contribution in [0.5, 0.6) is 0 Å². The zero-order valence-electron chi connectivity index (χ0n) is 14.1. The highest BCUT2D eigenvalue weighted by Gasteiger charge is 2.18. The van der Waals surface area contributed by atoms with Gasteiger partial charge in [-0.25, -0.2) is 0 Å². The van der Waals surface area contributed by atoms with Crippen molar-refractivity contribution in [2.24, 2.45) is 0 Å². The van der Waals surface area contributed by atoms with Crippen LogP contribution in [0.3, 0.4) is 0 Å². The van der Waals surface area contributed by atoms with E-state index in [4.69, 9.17) is 0 Å². The lowest BCUT2D eigenvalue weighted by molar-refractivity contribution is 0.152. The zero-order valence-corrected chi connectivity index (χ0v) is 14.1. The number of rotatable bonds is 5. The van der Waals surface area contributed by atoms with E-state index >= 15 is 0 Å². The third-order valence-corrected chi connectivity index (χ3v) is 4.69. The van der Waals surface area contributed by atoms with E-state index < -0.39 is 0 Å². The van der Waals surface area contributed by atoms with Crippen LogP contribution >= 0.6 is 0 Å². The number of hydrogen-bond acceptors (Lipinski definition) is 4. The molecule has 1 aliphatic heterocycles. The summed E-state index contributed by atoms with van der Waals surface area (Å²) in [4.78, 5) is 11.1. The summed E-state index contributed by atoms with van der Waals surface area (Å²) in [6, 6.07) is 9.64. The summed E-state index contributed by atoms with van der Waals surface area (Å²) in [6.07, 6.45) is 9.28. The highest BCUT2D eigenvalue weighted by molar-refractivity contribution is 5.46. The summed E-state index contributed by atoms with van der Waals surface area (Å²) < 4.78 is 0. The van der Waals surface area contributed by atoms with E-state index in [1.807, 2.05) is 6.20 Å².